The molecule has 104 valence electrons. The van der Waals surface area contributed by atoms with E-state index in [9.17, 15) is 14.3 Å². The molecule has 0 saturated heterocycles. The summed E-state index contributed by atoms with van der Waals surface area (Å²) >= 11 is 9.99. The van der Waals surface area contributed by atoms with Gasteiger partial charge in [-0.1, -0.05) is 15.9 Å². The molecule has 3 nitrogen and oxygen atoms in total. The number of hydrogen-bond acceptors (Lipinski definition) is 2. The highest BCUT2D eigenvalue weighted by molar-refractivity contribution is 9.11. The molecule has 2 N–H and O–H groups in total. The normalized spacial score (nSPS) is 10.4. The quantitative estimate of drug-likeness (QED) is 0.647. The molecule has 0 aliphatic heterocycles. The average molecular weight is 468 g/mol. The molecule has 7 heteroatoms. The number of carbonyl (C=O) groups is 1. The molecule has 0 unspecified atom stereocenters. The Balaban J connectivity index is 2.33. The molecule has 2 rings (SSSR count). The van der Waals surface area contributed by atoms with Crippen molar-refractivity contribution in [2.45, 2.75) is 0 Å². The molecule has 0 aliphatic rings. The van der Waals surface area contributed by atoms with Crippen LogP contribution in [0.5, 0.6) is 5.75 Å². The second-order valence-corrected chi connectivity index (χ2v) is 6.48. The molecule has 0 atom stereocenters. The number of amides is 1. The molecule has 0 bridgehead atoms. The molecule has 0 aromatic heterocycles. The van der Waals surface area contributed by atoms with Crippen LogP contribution in [0.4, 0.5) is 10.1 Å². The lowest BCUT2D eigenvalue weighted by atomic mass is 10.2. The zero-order valence-electron chi connectivity index (χ0n) is 9.75. The Hall–Kier alpha value is -0.920. The first kappa shape index (κ1) is 15.5. The third-order valence-corrected chi connectivity index (χ3v) is 4.16. The van der Waals surface area contributed by atoms with E-state index < -0.39 is 17.5 Å². The number of nitrogens with one attached hydrogen (secondary N) is 1. The lowest BCUT2D eigenvalue weighted by Gasteiger charge is -2.11. The van der Waals surface area contributed by atoms with E-state index in [-0.39, 0.29) is 5.56 Å². The Kier molecular flexibility index (Phi) is 4.82. The number of carbonyl (C=O) groups excluding carboxylic acids is 1. The summed E-state index contributed by atoms with van der Waals surface area (Å²) in [5.41, 5.74) is 0.509. The van der Waals surface area contributed by atoms with Gasteiger partial charge in [0.2, 0.25) is 0 Å². The first-order valence-corrected chi connectivity index (χ1v) is 7.71. The fraction of sp³-hybridized carbons (Fsp3) is 0. The number of hydrogen-bond donors (Lipinski definition) is 2. The molecule has 0 saturated carbocycles. The van der Waals surface area contributed by atoms with E-state index in [1.165, 1.54) is 6.07 Å². The molecule has 0 radical (unpaired) electrons. The first-order chi connectivity index (χ1) is 9.38. The maximum absolute atomic E-state index is 12.9. The van der Waals surface area contributed by atoms with Crippen LogP contribution < -0.4 is 5.32 Å². The summed E-state index contributed by atoms with van der Waals surface area (Å²) in [6, 6.07) is 6.76. The number of halogens is 4. The summed E-state index contributed by atoms with van der Waals surface area (Å²) in [5, 5.41) is 12.2. The molecule has 0 aliphatic carbocycles. The third kappa shape index (κ3) is 3.39. The SMILES string of the molecule is O=C(Nc1c(Br)cc(Br)cc1Br)c1ccc(F)cc1O. The summed E-state index contributed by atoms with van der Waals surface area (Å²) in [7, 11) is 0. The fourth-order valence-electron chi connectivity index (χ4n) is 1.54. The molecular weight excluding hydrogens is 461 g/mol. The lowest BCUT2D eigenvalue weighted by Crippen LogP contribution is -2.13. The van der Waals surface area contributed by atoms with Crippen LogP contribution in [-0.4, -0.2) is 11.0 Å². The molecule has 0 fully saturated rings. The van der Waals surface area contributed by atoms with Crippen molar-refractivity contribution in [1.82, 2.24) is 0 Å². The van der Waals surface area contributed by atoms with Gasteiger partial charge in [-0.25, -0.2) is 4.39 Å². The minimum absolute atomic E-state index is 0.00637. The molecule has 2 aromatic rings. The van der Waals surface area contributed by atoms with Gasteiger partial charge < -0.3 is 10.4 Å². The second-order valence-electron chi connectivity index (χ2n) is 3.86. The predicted octanol–water partition coefficient (Wildman–Crippen LogP) is 5.07. The highest BCUT2D eigenvalue weighted by Gasteiger charge is 2.15. The Morgan fingerprint density at radius 1 is 1.10 bits per heavy atom. The van der Waals surface area contributed by atoms with E-state index in [4.69, 9.17) is 0 Å². The van der Waals surface area contributed by atoms with Crippen LogP contribution in [0.15, 0.2) is 43.7 Å². The topological polar surface area (TPSA) is 49.3 Å². The molecular formula is C13H7Br3FNO2. The maximum Gasteiger partial charge on any atom is 0.259 e. The van der Waals surface area contributed by atoms with Gasteiger partial charge in [0, 0.05) is 19.5 Å². The molecule has 0 heterocycles. The maximum atomic E-state index is 12.9. The number of phenols is 1. The average Bonchev–Trinajstić information content (AvgIpc) is 2.33. The van der Waals surface area contributed by atoms with E-state index in [2.05, 4.69) is 53.1 Å². The number of rotatable bonds is 2. The van der Waals surface area contributed by atoms with Crippen LogP contribution in [0, 0.1) is 5.82 Å². The number of benzene rings is 2. The molecule has 0 spiro atoms. The number of phenolic OH excluding ortho intramolecular Hbond substituents is 1. The van der Waals surface area contributed by atoms with Gasteiger partial charge in [0.05, 0.1) is 11.3 Å². The van der Waals surface area contributed by atoms with Crippen molar-refractivity contribution >= 4 is 59.4 Å². The van der Waals surface area contributed by atoms with Gasteiger partial charge in [0.15, 0.2) is 0 Å². The van der Waals surface area contributed by atoms with Crippen molar-refractivity contribution < 1.29 is 14.3 Å². The predicted molar refractivity (Wildman–Crippen MR) is 85.6 cm³/mol. The van der Waals surface area contributed by atoms with Gasteiger partial charge >= 0.3 is 0 Å². The van der Waals surface area contributed by atoms with Crippen LogP contribution >= 0.6 is 47.8 Å². The minimum Gasteiger partial charge on any atom is -0.507 e. The lowest BCUT2D eigenvalue weighted by molar-refractivity contribution is 0.102. The largest absolute Gasteiger partial charge is 0.507 e. The van der Waals surface area contributed by atoms with Gasteiger partial charge in [0.1, 0.15) is 11.6 Å². The Labute approximate surface area is 139 Å². The summed E-state index contributed by atoms with van der Waals surface area (Å²) in [6.07, 6.45) is 0. The zero-order chi connectivity index (χ0) is 14.9. The van der Waals surface area contributed by atoms with Crippen molar-refractivity contribution in [2.75, 3.05) is 5.32 Å². The first-order valence-electron chi connectivity index (χ1n) is 5.33. The van der Waals surface area contributed by atoms with Crippen LogP contribution in [0.3, 0.4) is 0 Å². The minimum atomic E-state index is -0.606. The van der Waals surface area contributed by atoms with Crippen molar-refractivity contribution in [1.29, 1.82) is 0 Å². The van der Waals surface area contributed by atoms with Crippen molar-refractivity contribution in [3.63, 3.8) is 0 Å². The Morgan fingerprint density at radius 3 is 2.25 bits per heavy atom. The van der Waals surface area contributed by atoms with Gasteiger partial charge in [-0.2, -0.15) is 0 Å². The van der Waals surface area contributed by atoms with Crippen LogP contribution in [0.2, 0.25) is 0 Å². The van der Waals surface area contributed by atoms with Crippen LogP contribution in [0.1, 0.15) is 10.4 Å². The van der Waals surface area contributed by atoms with E-state index >= 15 is 0 Å². The van der Waals surface area contributed by atoms with Crippen molar-refractivity contribution in [3.05, 3.63) is 55.1 Å². The van der Waals surface area contributed by atoms with Crippen LogP contribution in [0.25, 0.3) is 0 Å². The van der Waals surface area contributed by atoms with Crippen molar-refractivity contribution in [2.24, 2.45) is 0 Å². The number of aromatic hydroxyl groups is 1. The van der Waals surface area contributed by atoms with E-state index in [1.807, 2.05) is 0 Å². The van der Waals surface area contributed by atoms with Crippen LogP contribution in [-0.2, 0) is 0 Å². The fourth-order valence-corrected chi connectivity index (χ4v) is 4.00. The highest BCUT2D eigenvalue weighted by Crippen LogP contribution is 2.35. The summed E-state index contributed by atoms with van der Waals surface area (Å²) in [4.78, 5) is 12.1. The standard InChI is InChI=1S/C13H7Br3FNO2/c14-6-3-9(15)12(10(16)4-6)18-13(20)8-2-1-7(17)5-11(8)19/h1-5,19H,(H,18,20). The summed E-state index contributed by atoms with van der Waals surface area (Å²) in [6.45, 7) is 0. The van der Waals surface area contributed by atoms with Crippen molar-refractivity contribution in [3.8, 4) is 5.75 Å². The van der Waals surface area contributed by atoms with E-state index in [1.54, 1.807) is 12.1 Å². The Morgan fingerprint density at radius 2 is 1.70 bits per heavy atom. The van der Waals surface area contributed by atoms with E-state index in [0.29, 0.717) is 14.6 Å². The Bertz CT molecular complexity index is 668. The molecule has 1 amide bonds. The monoisotopic (exact) mass is 465 g/mol. The third-order valence-electron chi connectivity index (χ3n) is 2.45. The van der Waals surface area contributed by atoms with Gasteiger partial charge in [-0.15, -0.1) is 0 Å². The van der Waals surface area contributed by atoms with Gasteiger partial charge in [-0.3, -0.25) is 4.79 Å². The smallest absolute Gasteiger partial charge is 0.259 e. The molecule has 2 aromatic carbocycles. The van der Waals surface area contributed by atoms with E-state index in [0.717, 1.165) is 16.6 Å². The second kappa shape index (κ2) is 6.24. The highest BCUT2D eigenvalue weighted by atomic mass is 79.9. The summed E-state index contributed by atoms with van der Waals surface area (Å²) < 4.78 is 15.1. The molecule has 20 heavy (non-hydrogen) atoms. The number of anilines is 1. The zero-order valence-corrected chi connectivity index (χ0v) is 14.5. The summed E-state index contributed by atoms with van der Waals surface area (Å²) in [5.74, 6) is -1.55. The van der Waals surface area contributed by atoms with Gasteiger partial charge in [0.25, 0.3) is 5.91 Å². The van der Waals surface area contributed by atoms with Gasteiger partial charge in [-0.05, 0) is 56.1 Å².